The van der Waals surface area contributed by atoms with Gasteiger partial charge in [0.05, 0.1) is 19.1 Å². The Hall–Kier alpha value is -0.610. The van der Waals surface area contributed by atoms with E-state index < -0.39 is 0 Å². The van der Waals surface area contributed by atoms with Crippen LogP contribution in [0.25, 0.3) is 0 Å². The summed E-state index contributed by atoms with van der Waals surface area (Å²) in [6, 6.07) is 0.611. The summed E-state index contributed by atoms with van der Waals surface area (Å²) >= 11 is 0. The van der Waals surface area contributed by atoms with Crippen LogP contribution in [0.1, 0.15) is 32.6 Å². The Balaban J connectivity index is 1.95. The van der Waals surface area contributed by atoms with Crippen molar-refractivity contribution in [2.45, 2.75) is 44.7 Å². The topological polar surface area (TPSA) is 41.6 Å². The van der Waals surface area contributed by atoms with Gasteiger partial charge in [-0.05, 0) is 25.8 Å². The number of carbonyl (C=O) groups is 1. The van der Waals surface area contributed by atoms with Crippen molar-refractivity contribution in [2.75, 3.05) is 27.3 Å². The summed E-state index contributed by atoms with van der Waals surface area (Å²) in [6.07, 6.45) is 4.87. The van der Waals surface area contributed by atoms with E-state index in [1.54, 1.807) is 0 Å². The molecule has 2 aliphatic rings. The maximum atomic E-state index is 12.5. The Labute approximate surface area is 110 Å². The van der Waals surface area contributed by atoms with E-state index in [1.165, 1.54) is 12.8 Å². The van der Waals surface area contributed by atoms with Crippen molar-refractivity contribution < 1.29 is 9.53 Å². The molecule has 0 aromatic carbocycles. The SMILES string of the molecule is CNC1COCC1C(=O)N(C)C1CCCC(C)C1. The summed E-state index contributed by atoms with van der Waals surface area (Å²) in [6.45, 7) is 3.51. The number of carbonyl (C=O) groups excluding carboxylic acids is 1. The molecule has 4 unspecified atom stereocenters. The summed E-state index contributed by atoms with van der Waals surface area (Å²) in [7, 11) is 3.87. The third-order valence-electron chi connectivity index (χ3n) is 4.57. The lowest BCUT2D eigenvalue weighted by molar-refractivity contribution is -0.137. The molecule has 4 nitrogen and oxygen atoms in total. The minimum atomic E-state index is -0.00256. The molecule has 18 heavy (non-hydrogen) atoms. The Kier molecular flexibility index (Phi) is 4.62. The number of hydrogen-bond donors (Lipinski definition) is 1. The number of rotatable bonds is 3. The molecule has 0 bridgehead atoms. The van der Waals surface area contributed by atoms with Gasteiger partial charge in [0.15, 0.2) is 0 Å². The summed E-state index contributed by atoms with van der Waals surface area (Å²) in [4.78, 5) is 14.5. The Bertz CT molecular complexity index is 296. The highest BCUT2D eigenvalue weighted by molar-refractivity contribution is 5.80. The minimum Gasteiger partial charge on any atom is -0.379 e. The molecular formula is C14H26N2O2. The highest BCUT2D eigenvalue weighted by atomic mass is 16.5. The number of hydrogen-bond acceptors (Lipinski definition) is 3. The lowest BCUT2D eigenvalue weighted by Crippen LogP contribution is -2.48. The molecule has 0 radical (unpaired) electrons. The first-order valence-corrected chi connectivity index (χ1v) is 7.15. The van der Waals surface area contributed by atoms with Crippen LogP contribution in [-0.4, -0.2) is 50.2 Å². The molecule has 0 aromatic rings. The van der Waals surface area contributed by atoms with E-state index >= 15 is 0 Å². The molecule has 1 aliphatic carbocycles. The van der Waals surface area contributed by atoms with Crippen LogP contribution in [0.4, 0.5) is 0 Å². The van der Waals surface area contributed by atoms with Crippen LogP contribution in [0.2, 0.25) is 0 Å². The number of likely N-dealkylation sites (N-methyl/N-ethyl adjacent to an activating group) is 1. The van der Waals surface area contributed by atoms with Gasteiger partial charge in [-0.3, -0.25) is 4.79 Å². The number of ether oxygens (including phenoxy) is 1. The predicted octanol–water partition coefficient (Wildman–Crippen LogP) is 1.26. The van der Waals surface area contributed by atoms with E-state index in [2.05, 4.69) is 12.2 Å². The second-order valence-electron chi connectivity index (χ2n) is 5.91. The van der Waals surface area contributed by atoms with Gasteiger partial charge in [0.2, 0.25) is 5.91 Å². The summed E-state index contributed by atoms with van der Waals surface area (Å²) in [5.74, 6) is 1.00. The van der Waals surface area contributed by atoms with Crippen LogP contribution in [-0.2, 0) is 9.53 Å². The monoisotopic (exact) mass is 254 g/mol. The van der Waals surface area contributed by atoms with Crippen molar-refractivity contribution in [2.24, 2.45) is 11.8 Å². The Morgan fingerprint density at radius 1 is 1.33 bits per heavy atom. The van der Waals surface area contributed by atoms with Gasteiger partial charge >= 0.3 is 0 Å². The molecule has 1 saturated heterocycles. The quantitative estimate of drug-likeness (QED) is 0.824. The van der Waals surface area contributed by atoms with E-state index in [9.17, 15) is 4.79 Å². The zero-order valence-electron chi connectivity index (χ0n) is 11.8. The normalized spacial score (nSPS) is 36.6. The second-order valence-corrected chi connectivity index (χ2v) is 5.91. The molecule has 0 aromatic heterocycles. The van der Waals surface area contributed by atoms with Crippen LogP contribution in [0.5, 0.6) is 0 Å². The first-order valence-electron chi connectivity index (χ1n) is 7.15. The zero-order chi connectivity index (χ0) is 13.1. The van der Waals surface area contributed by atoms with Crippen LogP contribution in [0, 0.1) is 11.8 Å². The third-order valence-corrected chi connectivity index (χ3v) is 4.57. The maximum absolute atomic E-state index is 12.5. The summed E-state index contributed by atoms with van der Waals surface area (Å²) in [5.41, 5.74) is 0. The molecule has 1 heterocycles. The van der Waals surface area contributed by atoms with Gasteiger partial charge in [0.25, 0.3) is 0 Å². The highest BCUT2D eigenvalue weighted by Crippen LogP contribution is 2.28. The fourth-order valence-corrected chi connectivity index (χ4v) is 3.28. The molecule has 2 rings (SSSR count). The molecule has 4 heteroatoms. The van der Waals surface area contributed by atoms with Crippen molar-refractivity contribution >= 4 is 5.91 Å². The molecular weight excluding hydrogens is 228 g/mol. The molecule has 2 fully saturated rings. The average molecular weight is 254 g/mol. The van der Waals surface area contributed by atoms with Gasteiger partial charge in [0.1, 0.15) is 0 Å². The lowest BCUT2D eigenvalue weighted by Gasteiger charge is -2.36. The molecule has 104 valence electrons. The van der Waals surface area contributed by atoms with Gasteiger partial charge in [-0.25, -0.2) is 0 Å². The molecule has 4 atom stereocenters. The lowest BCUT2D eigenvalue weighted by atomic mass is 9.86. The van der Waals surface area contributed by atoms with Crippen LogP contribution >= 0.6 is 0 Å². The Morgan fingerprint density at radius 2 is 2.11 bits per heavy atom. The average Bonchev–Trinajstić information content (AvgIpc) is 2.85. The second kappa shape index (κ2) is 6.02. The predicted molar refractivity (Wildman–Crippen MR) is 71.3 cm³/mol. The standard InChI is InChI=1S/C14H26N2O2/c1-10-5-4-6-11(7-10)16(3)14(17)12-8-18-9-13(12)15-2/h10-13,15H,4-9H2,1-3H3. The van der Waals surface area contributed by atoms with E-state index in [0.717, 1.165) is 18.8 Å². The van der Waals surface area contributed by atoms with Crippen molar-refractivity contribution in [1.29, 1.82) is 0 Å². The number of nitrogens with zero attached hydrogens (tertiary/aromatic N) is 1. The fourth-order valence-electron chi connectivity index (χ4n) is 3.28. The van der Waals surface area contributed by atoms with E-state index in [4.69, 9.17) is 4.74 Å². The van der Waals surface area contributed by atoms with Crippen molar-refractivity contribution in [3.63, 3.8) is 0 Å². The van der Waals surface area contributed by atoms with Crippen molar-refractivity contribution in [3.05, 3.63) is 0 Å². The van der Waals surface area contributed by atoms with Gasteiger partial charge in [-0.2, -0.15) is 0 Å². The highest BCUT2D eigenvalue weighted by Gasteiger charge is 2.37. The summed E-state index contributed by atoms with van der Waals surface area (Å²) < 4.78 is 5.43. The van der Waals surface area contributed by atoms with Crippen molar-refractivity contribution in [1.82, 2.24) is 10.2 Å². The van der Waals surface area contributed by atoms with Gasteiger partial charge in [0, 0.05) is 19.1 Å². The van der Waals surface area contributed by atoms with Crippen LogP contribution in [0.15, 0.2) is 0 Å². The third kappa shape index (κ3) is 2.86. The largest absolute Gasteiger partial charge is 0.379 e. The first-order chi connectivity index (χ1) is 8.63. The van der Waals surface area contributed by atoms with Gasteiger partial charge in [-0.1, -0.05) is 19.8 Å². The molecule has 1 amide bonds. The van der Waals surface area contributed by atoms with Crippen molar-refractivity contribution in [3.8, 4) is 0 Å². The van der Waals surface area contributed by atoms with E-state index in [-0.39, 0.29) is 17.9 Å². The molecule has 1 N–H and O–H groups in total. The smallest absolute Gasteiger partial charge is 0.229 e. The molecule has 1 saturated carbocycles. The first kappa shape index (κ1) is 13.8. The Morgan fingerprint density at radius 3 is 2.78 bits per heavy atom. The minimum absolute atomic E-state index is 0.00256. The van der Waals surface area contributed by atoms with Gasteiger partial charge < -0.3 is 15.0 Å². The van der Waals surface area contributed by atoms with Crippen LogP contribution < -0.4 is 5.32 Å². The zero-order valence-corrected chi connectivity index (χ0v) is 11.8. The fraction of sp³-hybridized carbons (Fsp3) is 0.929. The number of nitrogens with one attached hydrogen (secondary N) is 1. The number of amides is 1. The van der Waals surface area contributed by atoms with Gasteiger partial charge in [-0.15, -0.1) is 0 Å². The molecule has 0 spiro atoms. The van der Waals surface area contributed by atoms with E-state index in [0.29, 0.717) is 19.3 Å². The van der Waals surface area contributed by atoms with E-state index in [1.807, 2.05) is 19.0 Å². The molecule has 1 aliphatic heterocycles. The maximum Gasteiger partial charge on any atom is 0.229 e. The summed E-state index contributed by atoms with van der Waals surface area (Å²) in [5, 5.41) is 3.19. The van der Waals surface area contributed by atoms with Crippen LogP contribution in [0.3, 0.4) is 0 Å².